The van der Waals surface area contributed by atoms with Gasteiger partial charge in [0.15, 0.2) is 0 Å². The highest BCUT2D eigenvalue weighted by Crippen LogP contribution is 2.33. The number of hydrogen-bond acceptors (Lipinski definition) is 2. The van der Waals surface area contributed by atoms with Crippen molar-refractivity contribution in [1.29, 1.82) is 0 Å². The molecule has 1 aliphatic rings. The maximum absolute atomic E-state index is 9.60. The molecule has 1 saturated heterocycles. The lowest BCUT2D eigenvalue weighted by Gasteiger charge is -2.48. The van der Waals surface area contributed by atoms with E-state index < -0.39 is 5.60 Å². The number of hydrogen-bond donors (Lipinski definition) is 1. The van der Waals surface area contributed by atoms with Gasteiger partial charge < -0.3 is 5.11 Å². The minimum Gasteiger partial charge on any atom is -0.389 e. The first-order valence-corrected chi connectivity index (χ1v) is 5.13. The van der Waals surface area contributed by atoms with Gasteiger partial charge in [-0.1, -0.05) is 20.8 Å². The van der Waals surface area contributed by atoms with E-state index in [2.05, 4.69) is 25.7 Å². The van der Waals surface area contributed by atoms with Gasteiger partial charge in [-0.2, -0.15) is 0 Å². The maximum atomic E-state index is 9.60. The Bertz CT molecular complexity index is 170. The molecule has 2 nitrogen and oxygen atoms in total. The van der Waals surface area contributed by atoms with E-state index in [0.29, 0.717) is 5.41 Å². The lowest BCUT2D eigenvalue weighted by Crippen LogP contribution is -2.55. The van der Waals surface area contributed by atoms with Crippen LogP contribution in [0.4, 0.5) is 0 Å². The Kier molecular flexibility index (Phi) is 2.75. The number of nitrogens with zero attached hydrogens (tertiary/aromatic N) is 1. The highest BCUT2D eigenvalue weighted by atomic mass is 16.3. The number of β-amino-alcohol motifs (C(OH)–C–C–N with tert-alkyl or cyclic N) is 1. The van der Waals surface area contributed by atoms with Crippen molar-refractivity contribution < 1.29 is 5.11 Å². The molecule has 1 N–H and O–H groups in total. The second-order valence-electron chi connectivity index (χ2n) is 6.07. The number of likely N-dealkylation sites (tertiary alicyclic amines) is 1. The van der Waals surface area contributed by atoms with Crippen LogP contribution in [0.25, 0.3) is 0 Å². The Balaban J connectivity index is 2.27. The summed E-state index contributed by atoms with van der Waals surface area (Å²) >= 11 is 0. The molecule has 0 atom stereocenters. The van der Waals surface area contributed by atoms with Crippen molar-refractivity contribution in [2.24, 2.45) is 11.3 Å². The minimum absolute atomic E-state index is 0.427. The second kappa shape index (κ2) is 3.25. The molecule has 1 aliphatic heterocycles. The first kappa shape index (κ1) is 11.0. The quantitative estimate of drug-likeness (QED) is 0.708. The normalized spacial score (nSPS) is 21.7. The Morgan fingerprint density at radius 3 is 1.92 bits per heavy atom. The number of rotatable bonds is 2. The average molecular weight is 185 g/mol. The van der Waals surface area contributed by atoms with E-state index in [4.69, 9.17) is 0 Å². The zero-order valence-corrected chi connectivity index (χ0v) is 9.59. The monoisotopic (exact) mass is 185 g/mol. The third-order valence-corrected chi connectivity index (χ3v) is 2.79. The molecule has 0 radical (unpaired) electrons. The summed E-state index contributed by atoms with van der Waals surface area (Å²) in [6, 6.07) is 0. The summed E-state index contributed by atoms with van der Waals surface area (Å²) in [6.45, 7) is 13.7. The van der Waals surface area contributed by atoms with E-state index >= 15 is 0 Å². The minimum atomic E-state index is -0.539. The van der Waals surface area contributed by atoms with Crippen LogP contribution in [0.1, 0.15) is 34.6 Å². The zero-order valence-electron chi connectivity index (χ0n) is 9.59. The van der Waals surface area contributed by atoms with Crippen LogP contribution < -0.4 is 0 Å². The van der Waals surface area contributed by atoms with Crippen molar-refractivity contribution in [2.75, 3.05) is 19.6 Å². The fraction of sp³-hybridized carbons (Fsp3) is 1.00. The van der Waals surface area contributed by atoms with E-state index in [1.165, 1.54) is 0 Å². The highest BCUT2D eigenvalue weighted by molar-refractivity contribution is 4.90. The van der Waals surface area contributed by atoms with Gasteiger partial charge in [-0.25, -0.2) is 0 Å². The van der Waals surface area contributed by atoms with Crippen LogP contribution in [0.3, 0.4) is 0 Å². The predicted molar refractivity (Wildman–Crippen MR) is 55.7 cm³/mol. The van der Waals surface area contributed by atoms with Gasteiger partial charge in [-0.3, -0.25) is 4.90 Å². The van der Waals surface area contributed by atoms with Gasteiger partial charge >= 0.3 is 0 Å². The average Bonchev–Trinajstić information content (AvgIpc) is 1.71. The van der Waals surface area contributed by atoms with Crippen LogP contribution in [0.5, 0.6) is 0 Å². The third-order valence-electron chi connectivity index (χ3n) is 2.79. The van der Waals surface area contributed by atoms with E-state index in [-0.39, 0.29) is 0 Å². The standard InChI is InChI=1S/C11H23NO/c1-10(2,3)9-6-12(7-9)8-11(4,5)13/h9,13H,6-8H2,1-5H3. The molecular weight excluding hydrogens is 162 g/mol. The van der Waals surface area contributed by atoms with Crippen LogP contribution >= 0.6 is 0 Å². The summed E-state index contributed by atoms with van der Waals surface area (Å²) in [7, 11) is 0. The van der Waals surface area contributed by atoms with Gasteiger partial charge in [0.05, 0.1) is 5.60 Å². The first-order valence-electron chi connectivity index (χ1n) is 5.13. The van der Waals surface area contributed by atoms with E-state index in [1.54, 1.807) is 0 Å². The molecule has 2 heteroatoms. The van der Waals surface area contributed by atoms with Crippen LogP contribution in [0.2, 0.25) is 0 Å². The molecule has 1 rings (SSSR count). The summed E-state index contributed by atoms with van der Waals surface area (Å²) in [5.74, 6) is 0.801. The van der Waals surface area contributed by atoms with Gasteiger partial charge in [-0.05, 0) is 25.2 Å². The van der Waals surface area contributed by atoms with Crippen molar-refractivity contribution in [1.82, 2.24) is 4.90 Å². The van der Waals surface area contributed by atoms with E-state index in [0.717, 1.165) is 25.6 Å². The molecule has 0 saturated carbocycles. The zero-order chi connectivity index (χ0) is 10.3. The van der Waals surface area contributed by atoms with Crippen LogP contribution in [0.15, 0.2) is 0 Å². The molecule has 13 heavy (non-hydrogen) atoms. The second-order valence-corrected chi connectivity index (χ2v) is 6.07. The van der Waals surface area contributed by atoms with Crippen molar-refractivity contribution in [3.63, 3.8) is 0 Å². The van der Waals surface area contributed by atoms with Crippen LogP contribution in [-0.4, -0.2) is 35.2 Å². The lowest BCUT2D eigenvalue weighted by molar-refractivity contribution is -0.0365. The molecule has 1 heterocycles. The molecule has 0 aromatic rings. The van der Waals surface area contributed by atoms with Gasteiger partial charge in [0, 0.05) is 19.6 Å². The predicted octanol–water partition coefficient (Wildman–Crippen LogP) is 1.74. The van der Waals surface area contributed by atoms with Gasteiger partial charge in [0.25, 0.3) is 0 Å². The molecule has 0 aromatic heterocycles. The van der Waals surface area contributed by atoms with Crippen LogP contribution in [-0.2, 0) is 0 Å². The van der Waals surface area contributed by atoms with E-state index in [9.17, 15) is 5.11 Å². The fourth-order valence-corrected chi connectivity index (χ4v) is 1.79. The van der Waals surface area contributed by atoms with Crippen molar-refractivity contribution in [2.45, 2.75) is 40.2 Å². The summed E-state index contributed by atoms with van der Waals surface area (Å²) < 4.78 is 0. The summed E-state index contributed by atoms with van der Waals surface area (Å²) in [5, 5.41) is 9.60. The molecule has 0 aromatic carbocycles. The third kappa shape index (κ3) is 3.28. The number of aliphatic hydroxyl groups is 1. The molecule has 0 spiro atoms. The molecular formula is C11H23NO. The van der Waals surface area contributed by atoms with Crippen molar-refractivity contribution in [3.05, 3.63) is 0 Å². The molecule has 1 fully saturated rings. The van der Waals surface area contributed by atoms with Gasteiger partial charge in [0.2, 0.25) is 0 Å². The summed E-state index contributed by atoms with van der Waals surface area (Å²) in [4.78, 5) is 2.33. The van der Waals surface area contributed by atoms with Gasteiger partial charge in [-0.15, -0.1) is 0 Å². The van der Waals surface area contributed by atoms with E-state index in [1.807, 2.05) is 13.8 Å². The SMILES string of the molecule is CC(C)(O)CN1CC(C(C)(C)C)C1. The molecule has 0 unspecified atom stereocenters. The first-order chi connectivity index (χ1) is 5.68. The lowest BCUT2D eigenvalue weighted by atomic mass is 9.76. The summed E-state index contributed by atoms with van der Waals surface area (Å²) in [5.41, 5.74) is -0.112. The highest BCUT2D eigenvalue weighted by Gasteiger charge is 2.37. The van der Waals surface area contributed by atoms with Gasteiger partial charge in [0.1, 0.15) is 0 Å². The Morgan fingerprint density at radius 2 is 1.62 bits per heavy atom. The smallest absolute Gasteiger partial charge is 0.0718 e. The van der Waals surface area contributed by atoms with Crippen molar-refractivity contribution in [3.8, 4) is 0 Å². The fourth-order valence-electron chi connectivity index (χ4n) is 1.79. The molecule has 0 amide bonds. The maximum Gasteiger partial charge on any atom is 0.0718 e. The molecule has 0 bridgehead atoms. The Morgan fingerprint density at radius 1 is 1.15 bits per heavy atom. The molecule has 78 valence electrons. The Hall–Kier alpha value is -0.0800. The van der Waals surface area contributed by atoms with Crippen LogP contribution in [0, 0.1) is 11.3 Å². The van der Waals surface area contributed by atoms with Crippen molar-refractivity contribution >= 4 is 0 Å². The topological polar surface area (TPSA) is 23.5 Å². The summed E-state index contributed by atoms with van der Waals surface area (Å²) in [6.07, 6.45) is 0. The molecule has 0 aliphatic carbocycles. The Labute approximate surface area is 81.9 Å². The largest absolute Gasteiger partial charge is 0.389 e.